The first-order valence-electron chi connectivity index (χ1n) is 6.60. The van der Waals surface area contributed by atoms with Crippen LogP contribution >= 0.6 is 0 Å². The third kappa shape index (κ3) is 4.49. The summed E-state index contributed by atoms with van der Waals surface area (Å²) >= 11 is 0. The van der Waals surface area contributed by atoms with E-state index in [9.17, 15) is 4.79 Å². The molecule has 1 rings (SSSR count). The Bertz CT molecular complexity index is 362. The van der Waals surface area contributed by atoms with E-state index in [0.717, 1.165) is 6.42 Å². The Labute approximate surface area is 110 Å². The molecule has 18 heavy (non-hydrogen) atoms. The van der Waals surface area contributed by atoms with Crippen LogP contribution in [0.2, 0.25) is 0 Å². The highest BCUT2D eigenvalue weighted by Crippen LogP contribution is 2.17. The average Bonchev–Trinajstić information content (AvgIpc) is 2.38. The predicted octanol–water partition coefficient (Wildman–Crippen LogP) is 2.28. The number of carbonyl (C=O) groups is 1. The van der Waals surface area contributed by atoms with Crippen molar-refractivity contribution in [3.8, 4) is 0 Å². The van der Waals surface area contributed by atoms with Crippen LogP contribution in [0.5, 0.6) is 0 Å². The molecular formula is C15H24N2O. The Kier molecular flexibility index (Phi) is 5.86. The normalized spacial score (nSPS) is 14.3. The SMILES string of the molecule is CC(CCNC(=O)[C@@H](N)C(C)C)c1ccccc1. The molecule has 3 nitrogen and oxygen atoms in total. The van der Waals surface area contributed by atoms with E-state index in [4.69, 9.17) is 5.73 Å². The molecule has 0 aliphatic carbocycles. The average molecular weight is 248 g/mol. The molecule has 1 amide bonds. The summed E-state index contributed by atoms with van der Waals surface area (Å²) in [4.78, 5) is 11.7. The molecule has 1 aromatic rings. The molecule has 0 spiro atoms. The van der Waals surface area contributed by atoms with E-state index in [1.165, 1.54) is 5.56 Å². The second-order valence-corrected chi connectivity index (χ2v) is 5.16. The molecule has 0 saturated heterocycles. The summed E-state index contributed by atoms with van der Waals surface area (Å²) in [6.07, 6.45) is 0.931. The van der Waals surface area contributed by atoms with Crippen molar-refractivity contribution >= 4 is 5.91 Å². The van der Waals surface area contributed by atoms with Gasteiger partial charge in [0.05, 0.1) is 6.04 Å². The highest BCUT2D eigenvalue weighted by atomic mass is 16.2. The second kappa shape index (κ2) is 7.17. The van der Waals surface area contributed by atoms with Gasteiger partial charge in [-0.1, -0.05) is 51.1 Å². The maximum absolute atomic E-state index is 11.7. The first kappa shape index (κ1) is 14.7. The molecule has 0 bridgehead atoms. The van der Waals surface area contributed by atoms with Crippen molar-refractivity contribution in [3.63, 3.8) is 0 Å². The lowest BCUT2D eigenvalue weighted by atomic mass is 9.98. The Balaban J connectivity index is 2.32. The van der Waals surface area contributed by atoms with Crippen LogP contribution in [0.25, 0.3) is 0 Å². The lowest BCUT2D eigenvalue weighted by Gasteiger charge is -2.17. The van der Waals surface area contributed by atoms with Crippen molar-refractivity contribution in [2.24, 2.45) is 11.7 Å². The predicted molar refractivity (Wildman–Crippen MR) is 75.3 cm³/mol. The lowest BCUT2D eigenvalue weighted by Crippen LogP contribution is -2.44. The van der Waals surface area contributed by atoms with E-state index in [1.807, 2.05) is 32.0 Å². The summed E-state index contributed by atoms with van der Waals surface area (Å²) in [6, 6.07) is 9.92. The van der Waals surface area contributed by atoms with Gasteiger partial charge >= 0.3 is 0 Å². The van der Waals surface area contributed by atoms with E-state index < -0.39 is 6.04 Å². The first-order chi connectivity index (χ1) is 8.52. The van der Waals surface area contributed by atoms with Gasteiger partial charge in [0.15, 0.2) is 0 Å². The molecule has 0 heterocycles. The van der Waals surface area contributed by atoms with Gasteiger partial charge in [-0.05, 0) is 23.8 Å². The Morgan fingerprint density at radius 3 is 2.39 bits per heavy atom. The molecule has 0 radical (unpaired) electrons. The number of amides is 1. The molecule has 100 valence electrons. The van der Waals surface area contributed by atoms with Crippen molar-refractivity contribution in [1.82, 2.24) is 5.32 Å². The zero-order valence-corrected chi connectivity index (χ0v) is 11.5. The smallest absolute Gasteiger partial charge is 0.237 e. The minimum absolute atomic E-state index is 0.0507. The van der Waals surface area contributed by atoms with Crippen molar-refractivity contribution in [1.29, 1.82) is 0 Å². The fourth-order valence-corrected chi connectivity index (χ4v) is 1.78. The number of hydrogen-bond donors (Lipinski definition) is 2. The van der Waals surface area contributed by atoms with Gasteiger partial charge in [-0.15, -0.1) is 0 Å². The lowest BCUT2D eigenvalue weighted by molar-refractivity contribution is -0.123. The maximum Gasteiger partial charge on any atom is 0.237 e. The van der Waals surface area contributed by atoms with Gasteiger partial charge in [0.1, 0.15) is 0 Å². The van der Waals surface area contributed by atoms with Crippen molar-refractivity contribution in [2.45, 2.75) is 39.2 Å². The monoisotopic (exact) mass is 248 g/mol. The largest absolute Gasteiger partial charge is 0.355 e. The fraction of sp³-hybridized carbons (Fsp3) is 0.533. The maximum atomic E-state index is 11.7. The van der Waals surface area contributed by atoms with Crippen LogP contribution in [0.4, 0.5) is 0 Å². The molecular weight excluding hydrogens is 224 g/mol. The van der Waals surface area contributed by atoms with Crippen LogP contribution in [-0.4, -0.2) is 18.5 Å². The van der Waals surface area contributed by atoms with Gasteiger partial charge in [0.25, 0.3) is 0 Å². The highest BCUT2D eigenvalue weighted by molar-refractivity contribution is 5.81. The van der Waals surface area contributed by atoms with Crippen molar-refractivity contribution in [3.05, 3.63) is 35.9 Å². The minimum Gasteiger partial charge on any atom is -0.355 e. The summed E-state index contributed by atoms with van der Waals surface area (Å²) in [6.45, 7) is 6.76. The van der Waals surface area contributed by atoms with Crippen LogP contribution in [0.1, 0.15) is 38.7 Å². The Hall–Kier alpha value is -1.35. The van der Waals surface area contributed by atoms with E-state index in [-0.39, 0.29) is 11.8 Å². The van der Waals surface area contributed by atoms with Crippen LogP contribution in [-0.2, 0) is 4.79 Å². The van der Waals surface area contributed by atoms with Crippen molar-refractivity contribution in [2.75, 3.05) is 6.54 Å². The summed E-state index contributed by atoms with van der Waals surface area (Å²) in [5.41, 5.74) is 7.08. The van der Waals surface area contributed by atoms with E-state index in [0.29, 0.717) is 12.5 Å². The van der Waals surface area contributed by atoms with Crippen LogP contribution in [0, 0.1) is 5.92 Å². The third-order valence-corrected chi connectivity index (χ3v) is 3.27. The van der Waals surface area contributed by atoms with Gasteiger partial charge in [-0.3, -0.25) is 4.79 Å². The number of benzene rings is 1. The number of rotatable bonds is 6. The summed E-state index contributed by atoms with van der Waals surface area (Å²) in [7, 11) is 0. The van der Waals surface area contributed by atoms with Crippen LogP contribution < -0.4 is 11.1 Å². The van der Waals surface area contributed by atoms with Gasteiger partial charge in [-0.25, -0.2) is 0 Å². The third-order valence-electron chi connectivity index (χ3n) is 3.27. The number of hydrogen-bond acceptors (Lipinski definition) is 2. The van der Waals surface area contributed by atoms with Crippen LogP contribution in [0.15, 0.2) is 30.3 Å². The number of nitrogens with one attached hydrogen (secondary N) is 1. The van der Waals surface area contributed by atoms with E-state index in [2.05, 4.69) is 24.4 Å². The standard InChI is InChI=1S/C15H24N2O/c1-11(2)14(16)15(18)17-10-9-12(3)13-7-5-4-6-8-13/h4-8,11-12,14H,9-10,16H2,1-3H3,(H,17,18)/t12?,14-/m0/s1. The second-order valence-electron chi connectivity index (χ2n) is 5.16. The van der Waals surface area contributed by atoms with E-state index in [1.54, 1.807) is 0 Å². The number of carbonyl (C=O) groups excluding carboxylic acids is 1. The molecule has 0 aromatic heterocycles. The summed E-state index contributed by atoms with van der Waals surface area (Å²) in [5.74, 6) is 0.573. The van der Waals surface area contributed by atoms with Gasteiger partial charge in [-0.2, -0.15) is 0 Å². The van der Waals surface area contributed by atoms with Gasteiger partial charge < -0.3 is 11.1 Å². The van der Waals surface area contributed by atoms with Crippen molar-refractivity contribution < 1.29 is 4.79 Å². The Morgan fingerprint density at radius 1 is 1.22 bits per heavy atom. The Morgan fingerprint density at radius 2 is 1.83 bits per heavy atom. The molecule has 0 fully saturated rings. The molecule has 0 aliphatic rings. The summed E-state index contributed by atoms with van der Waals surface area (Å²) in [5, 5.41) is 2.90. The molecule has 0 aliphatic heterocycles. The molecule has 1 unspecified atom stereocenters. The highest BCUT2D eigenvalue weighted by Gasteiger charge is 2.16. The summed E-state index contributed by atoms with van der Waals surface area (Å²) < 4.78 is 0. The molecule has 3 heteroatoms. The molecule has 0 saturated carbocycles. The van der Waals surface area contributed by atoms with Gasteiger partial charge in [0.2, 0.25) is 5.91 Å². The zero-order chi connectivity index (χ0) is 13.5. The zero-order valence-electron chi connectivity index (χ0n) is 11.5. The minimum atomic E-state index is -0.406. The topological polar surface area (TPSA) is 55.1 Å². The quantitative estimate of drug-likeness (QED) is 0.811. The van der Waals surface area contributed by atoms with Crippen LogP contribution in [0.3, 0.4) is 0 Å². The molecule has 3 N–H and O–H groups in total. The first-order valence-corrected chi connectivity index (χ1v) is 6.60. The fourth-order valence-electron chi connectivity index (χ4n) is 1.78. The van der Waals surface area contributed by atoms with E-state index >= 15 is 0 Å². The van der Waals surface area contributed by atoms with Gasteiger partial charge in [0, 0.05) is 6.54 Å². The molecule has 1 aromatic carbocycles. The molecule has 2 atom stereocenters. The number of nitrogens with two attached hydrogens (primary N) is 1.